The van der Waals surface area contributed by atoms with E-state index in [0.717, 1.165) is 0 Å². The van der Waals surface area contributed by atoms with Gasteiger partial charge in [-0.15, -0.1) is 0 Å². The smallest absolute Gasteiger partial charge is 0.317 e. The fraction of sp³-hybridized carbons (Fsp3) is 0.773. The molecule has 0 saturated carbocycles. The first-order valence-electron chi connectivity index (χ1n) is 12.3. The predicted octanol–water partition coefficient (Wildman–Crippen LogP) is -3.31. The van der Waals surface area contributed by atoms with Gasteiger partial charge in [-0.3, -0.25) is 28.9 Å². The molecular formula is C22H42N8O6. The lowest BCUT2D eigenvalue weighted by atomic mass is 10.0. The van der Waals surface area contributed by atoms with Gasteiger partial charge in [0.25, 0.3) is 0 Å². The number of primary amides is 4. The Bertz CT molecular complexity index is 752. The molecule has 0 radical (unpaired) electrons. The summed E-state index contributed by atoms with van der Waals surface area (Å²) in [5.74, 6) is -2.87. The van der Waals surface area contributed by atoms with Crippen LogP contribution in [0.2, 0.25) is 0 Å². The highest BCUT2D eigenvalue weighted by Crippen LogP contribution is 2.12. The molecule has 206 valence electrons. The van der Waals surface area contributed by atoms with Crippen LogP contribution in [0.5, 0.6) is 0 Å². The standard InChI is InChI=1S/C22H42N8O6/c23-18(31)5-1-14-10-28-16(3-7-20(25)33)12-30(13-22(35)36)17(4-8-21(26)34)11-29-15(9-27-14)2-6-19(24)32/h14-17,27-29H,1-13H2,(H2,23,31)(H2,24,32)(H2,25,33)(H2,26,34)(H,35,36)/t14-,15-,16-,17-/m0/s1. The van der Waals surface area contributed by atoms with Crippen LogP contribution in [0.3, 0.4) is 0 Å². The number of hydrogen-bond donors (Lipinski definition) is 8. The summed E-state index contributed by atoms with van der Waals surface area (Å²) < 4.78 is 0. The number of rotatable bonds is 14. The molecule has 14 heteroatoms. The number of hydrogen-bond acceptors (Lipinski definition) is 9. The zero-order chi connectivity index (χ0) is 27.1. The van der Waals surface area contributed by atoms with Crippen LogP contribution in [-0.2, 0) is 24.0 Å². The van der Waals surface area contributed by atoms with Gasteiger partial charge in [-0.05, 0) is 25.7 Å². The second-order valence-corrected chi connectivity index (χ2v) is 9.31. The highest BCUT2D eigenvalue weighted by Gasteiger charge is 2.27. The third kappa shape index (κ3) is 14.6. The minimum absolute atomic E-state index is 0.0707. The Balaban J connectivity index is 3.20. The molecule has 0 aromatic carbocycles. The summed E-state index contributed by atoms with van der Waals surface area (Å²) in [5, 5.41) is 19.7. The number of aliphatic carboxylic acids is 1. The highest BCUT2D eigenvalue weighted by molar-refractivity contribution is 5.74. The molecule has 1 rings (SSSR count). The van der Waals surface area contributed by atoms with Crippen molar-refractivity contribution in [2.24, 2.45) is 22.9 Å². The maximum atomic E-state index is 11.7. The number of carbonyl (C=O) groups excluding carboxylic acids is 4. The van der Waals surface area contributed by atoms with E-state index in [-0.39, 0.29) is 62.9 Å². The van der Waals surface area contributed by atoms with Crippen molar-refractivity contribution in [3.8, 4) is 0 Å². The normalized spacial score (nSPS) is 24.2. The Morgan fingerprint density at radius 2 is 1.03 bits per heavy atom. The molecule has 1 saturated heterocycles. The molecule has 0 aliphatic carbocycles. The SMILES string of the molecule is NC(=O)CC[C@H]1CN[C@@H](CCC(N)=O)CN(CC(=O)O)[C@@H](CCC(N)=O)CN[C@@H](CCC(N)=O)CN1. The number of nitrogens with two attached hydrogens (primary N) is 4. The van der Waals surface area contributed by atoms with E-state index in [1.54, 1.807) is 4.90 Å². The topological polar surface area (TPSA) is 249 Å². The largest absolute Gasteiger partial charge is 0.480 e. The number of nitrogens with one attached hydrogen (secondary N) is 3. The minimum Gasteiger partial charge on any atom is -0.480 e. The van der Waals surface area contributed by atoms with Gasteiger partial charge >= 0.3 is 5.97 Å². The van der Waals surface area contributed by atoms with E-state index in [2.05, 4.69) is 16.0 Å². The molecule has 0 aromatic rings. The van der Waals surface area contributed by atoms with Crippen LogP contribution in [0, 0.1) is 0 Å². The lowest BCUT2D eigenvalue weighted by molar-refractivity contribution is -0.139. The second-order valence-electron chi connectivity index (χ2n) is 9.31. The summed E-state index contributed by atoms with van der Waals surface area (Å²) in [6.45, 7) is 1.20. The van der Waals surface area contributed by atoms with Gasteiger partial charge in [0.05, 0.1) is 6.54 Å². The monoisotopic (exact) mass is 514 g/mol. The van der Waals surface area contributed by atoms with Crippen LogP contribution < -0.4 is 38.9 Å². The number of carboxylic acids is 1. The van der Waals surface area contributed by atoms with Gasteiger partial charge in [0.1, 0.15) is 0 Å². The summed E-state index contributed by atoms with van der Waals surface area (Å²) in [6.07, 6.45) is 2.13. The Morgan fingerprint density at radius 1 is 0.639 bits per heavy atom. The fourth-order valence-electron chi connectivity index (χ4n) is 4.20. The van der Waals surface area contributed by atoms with Gasteiger partial charge in [0, 0.05) is 76.0 Å². The molecule has 36 heavy (non-hydrogen) atoms. The molecule has 0 unspecified atom stereocenters. The molecular weight excluding hydrogens is 472 g/mol. The van der Waals surface area contributed by atoms with E-state index in [4.69, 9.17) is 22.9 Å². The van der Waals surface area contributed by atoms with Gasteiger partial charge in [-0.2, -0.15) is 0 Å². The van der Waals surface area contributed by atoms with Crippen molar-refractivity contribution >= 4 is 29.6 Å². The maximum absolute atomic E-state index is 11.7. The average molecular weight is 515 g/mol. The lowest BCUT2D eigenvalue weighted by Gasteiger charge is -2.36. The molecule has 4 amide bonds. The Labute approximate surface area is 211 Å². The maximum Gasteiger partial charge on any atom is 0.317 e. The Hall–Kier alpha value is -2.81. The minimum atomic E-state index is -1.04. The van der Waals surface area contributed by atoms with Gasteiger partial charge in [-0.1, -0.05) is 0 Å². The van der Waals surface area contributed by atoms with Crippen molar-refractivity contribution in [1.29, 1.82) is 0 Å². The number of nitrogens with zero attached hydrogens (tertiary/aromatic N) is 1. The van der Waals surface area contributed by atoms with E-state index in [9.17, 15) is 29.1 Å². The summed E-state index contributed by atoms with van der Waals surface area (Å²) in [6, 6.07) is -0.964. The first-order valence-corrected chi connectivity index (χ1v) is 12.3. The van der Waals surface area contributed by atoms with Crippen LogP contribution in [0.25, 0.3) is 0 Å². The number of amides is 4. The van der Waals surface area contributed by atoms with Crippen LogP contribution in [-0.4, -0.2) is 96.5 Å². The molecule has 0 spiro atoms. The van der Waals surface area contributed by atoms with E-state index in [0.29, 0.717) is 45.3 Å². The highest BCUT2D eigenvalue weighted by atomic mass is 16.4. The molecule has 1 aliphatic rings. The quantitative estimate of drug-likeness (QED) is 0.115. The lowest BCUT2D eigenvalue weighted by Crippen LogP contribution is -2.56. The third-order valence-electron chi connectivity index (χ3n) is 6.20. The van der Waals surface area contributed by atoms with Crippen LogP contribution in [0.15, 0.2) is 0 Å². The number of carboxylic acid groups (broad SMARTS) is 1. The molecule has 12 N–H and O–H groups in total. The summed E-state index contributed by atoms with van der Waals surface area (Å²) >= 11 is 0. The van der Waals surface area contributed by atoms with Crippen molar-refractivity contribution < 1.29 is 29.1 Å². The van der Waals surface area contributed by atoms with E-state index in [1.807, 2.05) is 0 Å². The zero-order valence-electron chi connectivity index (χ0n) is 20.7. The zero-order valence-corrected chi connectivity index (χ0v) is 20.7. The van der Waals surface area contributed by atoms with Gasteiger partial charge in [-0.25, -0.2) is 0 Å². The van der Waals surface area contributed by atoms with Crippen molar-refractivity contribution in [2.45, 2.75) is 75.5 Å². The van der Waals surface area contributed by atoms with Crippen molar-refractivity contribution in [2.75, 3.05) is 32.7 Å². The van der Waals surface area contributed by atoms with Crippen LogP contribution in [0.1, 0.15) is 51.4 Å². The summed E-state index contributed by atoms with van der Waals surface area (Å²) in [4.78, 5) is 59.1. The molecule has 1 aliphatic heterocycles. The molecule has 4 atom stereocenters. The van der Waals surface area contributed by atoms with E-state index < -0.39 is 29.6 Å². The first-order chi connectivity index (χ1) is 17.0. The fourth-order valence-corrected chi connectivity index (χ4v) is 4.20. The molecule has 1 heterocycles. The third-order valence-corrected chi connectivity index (χ3v) is 6.20. The van der Waals surface area contributed by atoms with Crippen molar-refractivity contribution in [1.82, 2.24) is 20.9 Å². The first kappa shape index (κ1) is 31.2. The van der Waals surface area contributed by atoms with E-state index >= 15 is 0 Å². The van der Waals surface area contributed by atoms with Crippen molar-refractivity contribution in [3.05, 3.63) is 0 Å². The molecule has 1 fully saturated rings. The second kappa shape index (κ2) is 16.8. The average Bonchev–Trinajstić information content (AvgIpc) is 2.77. The summed E-state index contributed by atoms with van der Waals surface area (Å²) in [5.41, 5.74) is 21.4. The van der Waals surface area contributed by atoms with Gasteiger partial charge in [0.15, 0.2) is 0 Å². The molecule has 14 nitrogen and oxygen atoms in total. The van der Waals surface area contributed by atoms with Crippen LogP contribution >= 0.6 is 0 Å². The number of carbonyl (C=O) groups is 5. The Morgan fingerprint density at radius 3 is 1.47 bits per heavy atom. The molecule has 0 aromatic heterocycles. The van der Waals surface area contributed by atoms with Gasteiger partial charge in [0.2, 0.25) is 23.6 Å². The summed E-state index contributed by atoms with van der Waals surface area (Å²) in [7, 11) is 0. The molecule has 0 bridgehead atoms. The Kier molecular flexibility index (Phi) is 14.6. The predicted molar refractivity (Wildman–Crippen MR) is 132 cm³/mol. The van der Waals surface area contributed by atoms with Crippen LogP contribution in [0.4, 0.5) is 0 Å². The van der Waals surface area contributed by atoms with E-state index in [1.165, 1.54) is 0 Å². The van der Waals surface area contributed by atoms with Crippen molar-refractivity contribution in [3.63, 3.8) is 0 Å². The van der Waals surface area contributed by atoms with Gasteiger partial charge < -0.3 is 44.0 Å².